The van der Waals surface area contributed by atoms with Gasteiger partial charge in [0, 0.05) is 5.88 Å². The fourth-order valence-electron chi connectivity index (χ4n) is 2.83. The number of benzene rings is 1. The first-order valence-corrected chi connectivity index (χ1v) is 18.0. The van der Waals surface area contributed by atoms with Crippen molar-refractivity contribution in [3.05, 3.63) is 33.8 Å². The summed E-state index contributed by atoms with van der Waals surface area (Å²) in [4.78, 5) is 0. The minimum atomic E-state index is -4.25. The van der Waals surface area contributed by atoms with E-state index in [1.165, 1.54) is 18.2 Å². The average Bonchev–Trinajstić information content (AvgIpc) is 2.89. The van der Waals surface area contributed by atoms with Crippen LogP contribution in [-0.2, 0) is 27.2 Å². The minimum absolute atomic E-state index is 0.0356. The molecule has 0 aliphatic rings. The Morgan fingerprint density at radius 3 is 1.57 bits per heavy atom. The number of hydrogen-bond acceptors (Lipinski definition) is 6. The van der Waals surface area contributed by atoms with Gasteiger partial charge in [0.1, 0.15) is 0 Å². The molecule has 0 aromatic heterocycles. The van der Waals surface area contributed by atoms with Crippen molar-refractivity contribution in [2.75, 3.05) is 25.7 Å². The maximum Gasteiger partial charge on any atom is 0.364 e. The lowest BCUT2D eigenvalue weighted by atomic mass is 10.2. The number of rotatable bonds is 19. The summed E-state index contributed by atoms with van der Waals surface area (Å²) in [6.45, 7) is 7.07. The van der Waals surface area contributed by atoms with Crippen LogP contribution in [0.1, 0.15) is 64.8 Å². The molecular weight excluding hydrogens is 647 g/mol. The molecule has 216 valence electrons. The minimum Gasteiger partial charge on any atom is -0.307 e. The molecule has 0 heterocycles. The summed E-state index contributed by atoms with van der Waals surface area (Å²) in [6.07, 6.45) is 2.03. The van der Waals surface area contributed by atoms with E-state index in [0.717, 1.165) is 0 Å². The number of alkyl halides is 4. The predicted molar refractivity (Wildman–Crippen MR) is 158 cm³/mol. The van der Waals surface area contributed by atoms with Gasteiger partial charge in [-0.3, -0.25) is 13.7 Å². The van der Waals surface area contributed by atoms with Crippen molar-refractivity contribution in [2.24, 2.45) is 0 Å². The Morgan fingerprint density at radius 2 is 1.19 bits per heavy atom. The second kappa shape index (κ2) is 17.9. The van der Waals surface area contributed by atoms with Crippen molar-refractivity contribution in [2.45, 2.75) is 81.0 Å². The summed E-state index contributed by atoms with van der Waals surface area (Å²) in [7, 11) is -8.29. The molecule has 0 aliphatic heterocycles. The molecule has 0 bridgehead atoms. The van der Waals surface area contributed by atoms with Crippen LogP contribution in [0, 0.1) is 0 Å². The first-order chi connectivity index (χ1) is 17.4. The van der Waals surface area contributed by atoms with Gasteiger partial charge in [0.2, 0.25) is 0 Å². The molecule has 1 aromatic rings. The fourth-order valence-corrected chi connectivity index (χ4v) is 8.66. The smallest absolute Gasteiger partial charge is 0.307 e. The summed E-state index contributed by atoms with van der Waals surface area (Å²) in [5.41, 5.74) is -0.462. The Balaban J connectivity index is 3.66. The van der Waals surface area contributed by atoms with Crippen LogP contribution in [-0.4, -0.2) is 47.5 Å². The van der Waals surface area contributed by atoms with Crippen molar-refractivity contribution >= 4 is 84.8 Å². The monoisotopic (exact) mass is 680 g/mol. The van der Waals surface area contributed by atoms with E-state index < -0.39 is 42.8 Å². The second-order valence-electron chi connectivity index (χ2n) is 8.33. The van der Waals surface area contributed by atoms with Crippen molar-refractivity contribution in [3.8, 4) is 0 Å². The van der Waals surface area contributed by atoms with E-state index in [1.54, 1.807) is 6.92 Å². The molecule has 6 nitrogen and oxygen atoms in total. The maximum atomic E-state index is 14.4. The van der Waals surface area contributed by atoms with Gasteiger partial charge in [-0.2, -0.15) is 0 Å². The van der Waals surface area contributed by atoms with Crippen molar-refractivity contribution in [3.63, 3.8) is 0 Å². The molecule has 1 aromatic carbocycles. The van der Waals surface area contributed by atoms with E-state index in [2.05, 4.69) is 0 Å². The molecule has 0 N–H and O–H groups in total. The molecule has 0 fully saturated rings. The van der Waals surface area contributed by atoms with E-state index in [4.69, 9.17) is 87.7 Å². The summed E-state index contributed by atoms with van der Waals surface area (Å²) < 4.78 is 52.2. The molecule has 0 aliphatic carbocycles. The summed E-state index contributed by atoms with van der Waals surface area (Å²) >= 11 is 37.3. The van der Waals surface area contributed by atoms with Gasteiger partial charge in [0.25, 0.3) is 0 Å². The van der Waals surface area contributed by atoms with E-state index in [9.17, 15) is 9.13 Å². The number of halogens is 6. The van der Waals surface area contributed by atoms with Gasteiger partial charge in [-0.15, -0.1) is 46.4 Å². The largest absolute Gasteiger partial charge is 0.364 e. The lowest BCUT2D eigenvalue weighted by Gasteiger charge is -2.33. The highest BCUT2D eigenvalue weighted by molar-refractivity contribution is 7.57. The molecule has 1 rings (SSSR count). The normalized spacial score (nSPS) is 18.1. The average molecular weight is 683 g/mol. The molecule has 0 saturated carbocycles. The van der Waals surface area contributed by atoms with E-state index in [-0.39, 0.29) is 41.3 Å². The number of hydrogen-bond donors (Lipinski definition) is 0. The zero-order chi connectivity index (χ0) is 28.2. The van der Waals surface area contributed by atoms with Crippen LogP contribution in [0.15, 0.2) is 18.2 Å². The highest BCUT2D eigenvalue weighted by Gasteiger charge is 2.47. The zero-order valence-corrected chi connectivity index (χ0v) is 27.7. The van der Waals surface area contributed by atoms with Crippen molar-refractivity contribution in [1.29, 1.82) is 0 Å². The molecule has 37 heavy (non-hydrogen) atoms. The van der Waals surface area contributed by atoms with Crippen LogP contribution in [0.4, 0.5) is 0 Å². The van der Waals surface area contributed by atoms with Gasteiger partial charge in [0.15, 0.2) is 5.85 Å². The van der Waals surface area contributed by atoms with Crippen LogP contribution in [0.2, 0.25) is 10.0 Å². The van der Waals surface area contributed by atoms with Crippen molar-refractivity contribution < 1.29 is 27.2 Å². The van der Waals surface area contributed by atoms with Gasteiger partial charge in [-0.25, -0.2) is 0 Å². The first kappa shape index (κ1) is 36.3. The molecule has 0 spiro atoms. The Hall–Kier alpha value is 1.26. The van der Waals surface area contributed by atoms with Gasteiger partial charge < -0.3 is 13.6 Å². The molecule has 6 atom stereocenters. The highest BCUT2D eigenvalue weighted by atomic mass is 35.5. The third kappa shape index (κ3) is 11.6. The molecule has 14 heteroatoms. The Bertz CT molecular complexity index is 888. The molecular formula is C23H36Cl6O6P2. The molecule has 0 saturated heterocycles. The Labute approximate surface area is 251 Å². The highest BCUT2D eigenvalue weighted by Crippen LogP contribution is 2.69. The first-order valence-electron chi connectivity index (χ1n) is 12.1. The van der Waals surface area contributed by atoms with Gasteiger partial charge in [-0.05, 0) is 43.4 Å². The predicted octanol–water partition coefficient (Wildman–Crippen LogP) is 10.5. The Kier molecular flexibility index (Phi) is 17.6. The van der Waals surface area contributed by atoms with Crippen LogP contribution < -0.4 is 0 Å². The van der Waals surface area contributed by atoms with Crippen LogP contribution in [0.5, 0.6) is 0 Å². The standard InChI is InChI=1S/C23H36Cl6O6P2/c1-5-17(25)13-32-36(30,20(8-4)12-24)35-23(16-9-10-21(28)22(29)11-16)37(31,33-14-18(26)6-2)34-15-19(27)7-3/h9-11,17-20,23H,5-8,12-15H2,1-4H3/t17-,18-,19-,20+,23-,36-/m1/s1. The van der Waals surface area contributed by atoms with Gasteiger partial charge in [-0.1, -0.05) is 57.0 Å². The lowest BCUT2D eigenvalue weighted by Crippen LogP contribution is -2.21. The van der Waals surface area contributed by atoms with Crippen LogP contribution in [0.3, 0.4) is 0 Å². The molecule has 0 unspecified atom stereocenters. The van der Waals surface area contributed by atoms with E-state index >= 15 is 0 Å². The van der Waals surface area contributed by atoms with Crippen LogP contribution in [0.25, 0.3) is 0 Å². The summed E-state index contributed by atoms with van der Waals surface area (Å²) in [5, 5.41) is -0.908. The van der Waals surface area contributed by atoms with Crippen molar-refractivity contribution in [1.82, 2.24) is 0 Å². The summed E-state index contributed by atoms with van der Waals surface area (Å²) in [6, 6.07) is 4.49. The molecule has 0 radical (unpaired) electrons. The van der Waals surface area contributed by atoms with E-state index in [0.29, 0.717) is 25.7 Å². The summed E-state index contributed by atoms with van der Waals surface area (Å²) in [5.74, 6) is -1.55. The van der Waals surface area contributed by atoms with Gasteiger partial charge in [0.05, 0.1) is 51.7 Å². The SMILES string of the molecule is CC[C@@H](Cl)COP(=O)(OC[C@H](Cl)CC)[C@@H](O[P@](=O)(OC[C@H](Cl)CC)[C@@H](CC)CCl)c1ccc(Cl)c(Cl)c1. The van der Waals surface area contributed by atoms with Gasteiger partial charge >= 0.3 is 15.2 Å². The zero-order valence-electron chi connectivity index (χ0n) is 21.4. The fraction of sp³-hybridized carbons (Fsp3) is 0.739. The Morgan fingerprint density at radius 1 is 0.730 bits per heavy atom. The third-order valence-electron chi connectivity index (χ3n) is 5.49. The van der Waals surface area contributed by atoms with E-state index in [1.807, 2.05) is 20.8 Å². The maximum absolute atomic E-state index is 14.4. The lowest BCUT2D eigenvalue weighted by molar-refractivity contribution is 0.128. The molecule has 0 amide bonds. The van der Waals surface area contributed by atoms with Crippen LogP contribution >= 0.6 is 84.8 Å². The second-order valence-corrected chi connectivity index (χ2v) is 15.6. The third-order valence-corrected chi connectivity index (χ3v) is 12.7. The quantitative estimate of drug-likeness (QED) is 0.107. The topological polar surface area (TPSA) is 71.1 Å².